The van der Waals surface area contributed by atoms with Crippen molar-refractivity contribution in [3.05, 3.63) is 84.4 Å². The minimum absolute atomic E-state index is 0.745. The summed E-state index contributed by atoms with van der Waals surface area (Å²) in [4.78, 5) is 2.46. The van der Waals surface area contributed by atoms with Crippen LogP contribution in [0.3, 0.4) is 0 Å². The maximum atomic E-state index is 4.72. The molecule has 0 bridgehead atoms. The van der Waals surface area contributed by atoms with Gasteiger partial charge in [-0.1, -0.05) is 48.2 Å². The molecule has 1 fully saturated rings. The molecule has 0 amide bonds. The van der Waals surface area contributed by atoms with Gasteiger partial charge in [0.1, 0.15) is 0 Å². The fraction of sp³-hybridized carbons (Fsp3) is 0.261. The Kier molecular flexibility index (Phi) is 5.63. The lowest BCUT2D eigenvalue weighted by molar-refractivity contribution is 0.319. The minimum atomic E-state index is 0.745. The highest BCUT2D eigenvalue weighted by Crippen LogP contribution is 2.26. The van der Waals surface area contributed by atoms with Gasteiger partial charge >= 0.3 is 0 Å². The van der Waals surface area contributed by atoms with Crippen LogP contribution in [-0.4, -0.2) is 42.5 Å². The van der Waals surface area contributed by atoms with E-state index in [1.807, 2.05) is 35.1 Å². The first-order chi connectivity index (χ1) is 14.9. The van der Waals surface area contributed by atoms with Gasteiger partial charge in [-0.2, -0.15) is 5.10 Å². The van der Waals surface area contributed by atoms with E-state index in [1.54, 1.807) is 11.8 Å². The second kappa shape index (κ2) is 8.85. The van der Waals surface area contributed by atoms with Crippen molar-refractivity contribution in [2.75, 3.05) is 13.1 Å². The quantitative estimate of drug-likeness (QED) is 0.420. The molecule has 1 aliphatic rings. The average molecular weight is 417 g/mol. The number of likely N-dealkylation sites (tertiary alicyclic amines) is 1. The average Bonchev–Trinajstić information content (AvgIpc) is 3.55. The molecule has 30 heavy (non-hydrogen) atoms. The Morgan fingerprint density at radius 2 is 1.50 bits per heavy atom. The largest absolute Gasteiger partial charge is 0.296 e. The van der Waals surface area contributed by atoms with Crippen LogP contribution in [0.4, 0.5) is 0 Å². The van der Waals surface area contributed by atoms with Gasteiger partial charge in [-0.05, 0) is 56.3 Å². The molecule has 0 N–H and O–H groups in total. The Labute approximate surface area is 180 Å². The molecule has 2 aromatic heterocycles. The highest BCUT2D eigenvalue weighted by molar-refractivity contribution is 7.98. The zero-order valence-electron chi connectivity index (χ0n) is 16.8. The Balaban J connectivity index is 1.36. The molecule has 5 rings (SSSR count). The van der Waals surface area contributed by atoms with Crippen molar-refractivity contribution in [1.29, 1.82) is 0 Å². The van der Waals surface area contributed by atoms with E-state index in [-0.39, 0.29) is 0 Å². The smallest absolute Gasteiger partial charge is 0.196 e. The van der Waals surface area contributed by atoms with Gasteiger partial charge in [0.05, 0.1) is 17.9 Å². The molecule has 6 nitrogen and oxygen atoms in total. The fourth-order valence-electron chi connectivity index (χ4n) is 3.78. The molecule has 2 aromatic carbocycles. The zero-order chi connectivity index (χ0) is 20.2. The number of para-hydroxylation sites is 2. The number of hydrogen-bond acceptors (Lipinski definition) is 5. The van der Waals surface area contributed by atoms with Gasteiger partial charge in [-0.15, -0.1) is 10.2 Å². The Morgan fingerprint density at radius 1 is 0.800 bits per heavy atom. The predicted octanol–water partition coefficient (Wildman–Crippen LogP) is 4.34. The van der Waals surface area contributed by atoms with Gasteiger partial charge in [0.15, 0.2) is 11.0 Å². The summed E-state index contributed by atoms with van der Waals surface area (Å²) >= 11 is 1.68. The van der Waals surface area contributed by atoms with Crippen LogP contribution in [0.15, 0.2) is 78.1 Å². The first-order valence-electron chi connectivity index (χ1n) is 10.3. The van der Waals surface area contributed by atoms with Crippen LogP contribution in [0.5, 0.6) is 0 Å². The summed E-state index contributed by atoms with van der Waals surface area (Å²) in [5.41, 5.74) is 3.19. The van der Waals surface area contributed by atoms with E-state index in [2.05, 4.69) is 62.1 Å². The number of rotatable bonds is 7. The normalized spacial score (nSPS) is 14.4. The summed E-state index contributed by atoms with van der Waals surface area (Å²) in [6, 6.07) is 22.6. The second-order valence-corrected chi connectivity index (χ2v) is 8.37. The minimum Gasteiger partial charge on any atom is -0.296 e. The number of nitrogens with zero attached hydrogens (tertiary/aromatic N) is 6. The van der Waals surface area contributed by atoms with Crippen LogP contribution >= 0.6 is 11.8 Å². The van der Waals surface area contributed by atoms with Crippen LogP contribution < -0.4 is 0 Å². The SMILES string of the molecule is c1ccc(-n2ccc(CSc3nnc(CN4CCCC4)n3-c3ccccc3)n2)cc1. The third-order valence-corrected chi connectivity index (χ3v) is 6.26. The lowest BCUT2D eigenvalue weighted by Crippen LogP contribution is -2.21. The number of benzene rings is 2. The molecule has 152 valence electrons. The predicted molar refractivity (Wildman–Crippen MR) is 119 cm³/mol. The maximum Gasteiger partial charge on any atom is 0.196 e. The van der Waals surface area contributed by atoms with Crippen molar-refractivity contribution in [3.63, 3.8) is 0 Å². The van der Waals surface area contributed by atoms with Gasteiger partial charge in [0.2, 0.25) is 0 Å². The molecule has 3 heterocycles. The Bertz CT molecular complexity index is 1080. The second-order valence-electron chi connectivity index (χ2n) is 7.43. The van der Waals surface area contributed by atoms with Crippen LogP contribution in [0.1, 0.15) is 24.4 Å². The van der Waals surface area contributed by atoms with Gasteiger partial charge < -0.3 is 0 Å². The molecule has 0 saturated carbocycles. The van der Waals surface area contributed by atoms with Crippen LogP contribution in [0.2, 0.25) is 0 Å². The molecule has 0 unspecified atom stereocenters. The molecule has 1 saturated heterocycles. The van der Waals surface area contributed by atoms with Gasteiger partial charge in [-0.3, -0.25) is 9.47 Å². The highest BCUT2D eigenvalue weighted by atomic mass is 32.2. The molecule has 0 aliphatic carbocycles. The van der Waals surface area contributed by atoms with Crippen molar-refractivity contribution in [3.8, 4) is 11.4 Å². The van der Waals surface area contributed by atoms with E-state index < -0.39 is 0 Å². The number of hydrogen-bond donors (Lipinski definition) is 0. The van der Waals surface area contributed by atoms with Gasteiger partial charge in [-0.25, -0.2) is 4.68 Å². The van der Waals surface area contributed by atoms with Crippen molar-refractivity contribution < 1.29 is 0 Å². The highest BCUT2D eigenvalue weighted by Gasteiger charge is 2.19. The van der Waals surface area contributed by atoms with Crippen LogP contribution in [-0.2, 0) is 12.3 Å². The van der Waals surface area contributed by atoms with E-state index in [0.717, 1.165) is 53.4 Å². The Hall–Kier alpha value is -2.90. The first kappa shape index (κ1) is 19.1. The molecule has 1 aliphatic heterocycles. The summed E-state index contributed by atoms with van der Waals surface area (Å²) in [6.07, 6.45) is 4.54. The third kappa shape index (κ3) is 4.17. The summed E-state index contributed by atoms with van der Waals surface area (Å²) < 4.78 is 4.10. The summed E-state index contributed by atoms with van der Waals surface area (Å²) in [5.74, 6) is 1.74. The molecule has 0 spiro atoms. The topological polar surface area (TPSA) is 51.8 Å². The van der Waals surface area contributed by atoms with Crippen molar-refractivity contribution in [1.82, 2.24) is 29.4 Å². The molecule has 0 atom stereocenters. The van der Waals surface area contributed by atoms with Gasteiger partial charge in [0.25, 0.3) is 0 Å². The van der Waals surface area contributed by atoms with E-state index in [0.29, 0.717) is 0 Å². The molecular formula is C23H24N6S. The summed E-state index contributed by atoms with van der Waals surface area (Å²) in [5, 5.41) is 14.7. The van der Waals surface area contributed by atoms with E-state index in [4.69, 9.17) is 5.10 Å². The van der Waals surface area contributed by atoms with E-state index in [1.165, 1.54) is 12.8 Å². The fourth-order valence-corrected chi connectivity index (χ4v) is 4.64. The number of aromatic nitrogens is 5. The summed E-state index contributed by atoms with van der Waals surface area (Å²) in [7, 11) is 0. The van der Waals surface area contributed by atoms with Crippen molar-refractivity contribution >= 4 is 11.8 Å². The van der Waals surface area contributed by atoms with Crippen molar-refractivity contribution in [2.45, 2.75) is 30.3 Å². The monoisotopic (exact) mass is 416 g/mol. The lowest BCUT2D eigenvalue weighted by atomic mass is 10.3. The molecule has 7 heteroatoms. The summed E-state index contributed by atoms with van der Waals surface area (Å²) in [6.45, 7) is 3.12. The lowest BCUT2D eigenvalue weighted by Gasteiger charge is -2.15. The van der Waals surface area contributed by atoms with Crippen LogP contribution in [0, 0.1) is 0 Å². The standard InChI is InChI=1S/C23H24N6S/c1-3-9-20(10-4-1)28-16-13-19(26-28)18-30-23-25-24-22(17-27-14-7-8-15-27)29(23)21-11-5-2-6-12-21/h1-6,9-13,16H,7-8,14-15,17-18H2. The number of thioether (sulfide) groups is 1. The van der Waals surface area contributed by atoms with E-state index >= 15 is 0 Å². The van der Waals surface area contributed by atoms with Gasteiger partial charge in [0, 0.05) is 17.6 Å². The molecular weight excluding hydrogens is 392 g/mol. The zero-order valence-corrected chi connectivity index (χ0v) is 17.6. The Morgan fingerprint density at radius 3 is 2.23 bits per heavy atom. The third-order valence-electron chi connectivity index (χ3n) is 5.29. The van der Waals surface area contributed by atoms with E-state index in [9.17, 15) is 0 Å². The maximum absolute atomic E-state index is 4.72. The molecule has 0 radical (unpaired) electrons. The van der Waals surface area contributed by atoms with Crippen molar-refractivity contribution in [2.24, 2.45) is 0 Å². The van der Waals surface area contributed by atoms with Crippen LogP contribution in [0.25, 0.3) is 11.4 Å². The first-order valence-corrected chi connectivity index (χ1v) is 11.3. The molecule has 4 aromatic rings.